The molecule has 0 amide bonds. The van der Waals surface area contributed by atoms with Crippen molar-refractivity contribution in [2.24, 2.45) is 0 Å². The summed E-state index contributed by atoms with van der Waals surface area (Å²) >= 11 is 0. The van der Waals surface area contributed by atoms with Gasteiger partial charge in [0.1, 0.15) is 11.2 Å². The molecule has 0 N–H and O–H groups in total. The van der Waals surface area contributed by atoms with Gasteiger partial charge in [0.15, 0.2) is 0 Å². The molecule has 234 valence electrons. The SMILES string of the molecule is [2H]c1c([2H])c([2H])c(N(c2ccccc2-c2cccc3oc4c5ccccc5ccc4c23)c2c([2H])c([2H])c(-c3cc4ccccc4c4ccccc34)c([2H])c2[2H])c([2H])c1[2H]. The molecule has 2 heteroatoms. The topological polar surface area (TPSA) is 16.4 Å². The van der Waals surface area contributed by atoms with Crippen LogP contribution in [0.15, 0.2) is 192 Å². The van der Waals surface area contributed by atoms with Crippen LogP contribution < -0.4 is 4.90 Å². The van der Waals surface area contributed by atoms with Crippen LogP contribution in [0.2, 0.25) is 0 Å². The lowest BCUT2D eigenvalue weighted by Crippen LogP contribution is -2.11. The molecular formula is C48H31NO. The fourth-order valence-corrected chi connectivity index (χ4v) is 7.20. The van der Waals surface area contributed by atoms with Gasteiger partial charge in [-0.25, -0.2) is 0 Å². The molecule has 0 saturated heterocycles. The minimum Gasteiger partial charge on any atom is -0.455 e. The number of furan rings is 1. The maximum atomic E-state index is 9.68. The van der Waals surface area contributed by atoms with E-state index in [0.29, 0.717) is 27.9 Å². The minimum atomic E-state index is -0.604. The van der Waals surface area contributed by atoms with Crippen molar-refractivity contribution in [1.82, 2.24) is 0 Å². The van der Waals surface area contributed by atoms with Gasteiger partial charge in [-0.1, -0.05) is 139 Å². The van der Waals surface area contributed by atoms with Crippen LogP contribution in [-0.2, 0) is 0 Å². The molecule has 50 heavy (non-hydrogen) atoms. The van der Waals surface area contributed by atoms with Crippen LogP contribution in [-0.4, -0.2) is 0 Å². The number of para-hydroxylation sites is 2. The first-order valence-electron chi connectivity index (χ1n) is 20.9. The molecule has 10 aromatic rings. The van der Waals surface area contributed by atoms with Gasteiger partial charge in [-0.2, -0.15) is 0 Å². The third-order valence-electron chi connectivity index (χ3n) is 9.41. The van der Waals surface area contributed by atoms with Gasteiger partial charge in [-0.3, -0.25) is 0 Å². The van der Waals surface area contributed by atoms with Gasteiger partial charge >= 0.3 is 0 Å². The highest BCUT2D eigenvalue weighted by Crippen LogP contribution is 2.46. The molecule has 1 heterocycles. The number of nitrogens with zero attached hydrogens (tertiary/aromatic N) is 1. The first-order chi connectivity index (χ1) is 28.6. The second kappa shape index (κ2) is 11.5. The normalized spacial score (nSPS) is 14.1. The van der Waals surface area contributed by atoms with Crippen LogP contribution >= 0.6 is 0 Å². The highest BCUT2D eigenvalue weighted by molar-refractivity contribution is 6.20. The summed E-state index contributed by atoms with van der Waals surface area (Å²) in [6.45, 7) is 0. The average Bonchev–Trinajstić information content (AvgIpc) is 3.66. The average molecular weight is 647 g/mol. The number of anilines is 3. The quantitative estimate of drug-likeness (QED) is 0.173. The molecule has 0 atom stereocenters. The van der Waals surface area contributed by atoms with E-state index in [1.54, 1.807) is 12.1 Å². The van der Waals surface area contributed by atoms with E-state index < -0.39 is 42.3 Å². The summed E-state index contributed by atoms with van der Waals surface area (Å²) in [5.41, 5.74) is 2.83. The Morgan fingerprint density at radius 2 is 1.10 bits per heavy atom. The second-order valence-corrected chi connectivity index (χ2v) is 12.2. The van der Waals surface area contributed by atoms with Gasteiger partial charge in [0, 0.05) is 33.1 Å². The maximum Gasteiger partial charge on any atom is 0.143 e. The lowest BCUT2D eigenvalue weighted by Gasteiger charge is -2.28. The highest BCUT2D eigenvalue weighted by atomic mass is 16.3. The lowest BCUT2D eigenvalue weighted by molar-refractivity contribution is 0.673. The smallest absolute Gasteiger partial charge is 0.143 e. The molecule has 0 spiro atoms. The minimum absolute atomic E-state index is 0.0851. The zero-order valence-corrected chi connectivity index (χ0v) is 26.6. The Kier molecular flexibility index (Phi) is 4.76. The van der Waals surface area contributed by atoms with Crippen LogP contribution in [0.1, 0.15) is 12.3 Å². The van der Waals surface area contributed by atoms with E-state index in [-0.39, 0.29) is 34.7 Å². The molecule has 0 aliphatic heterocycles. The highest BCUT2D eigenvalue weighted by Gasteiger charge is 2.21. The molecule has 2 nitrogen and oxygen atoms in total. The molecule has 0 radical (unpaired) electrons. The standard InChI is InChI=1S/C48H31NO/c1-2-15-35(16-3-1)49(36-28-25-33(26-29-36)44-31-34-14-5-6-17-37(34)39-19-8-9-20-40(39)44)45-23-11-10-21-41(45)42-22-12-24-46-47(42)43-30-27-32-13-4-7-18-38(32)48(43)50-46/h1-31H/i1D,2D,3D,15D,16D,25D,26D,28D,29D. The Morgan fingerprint density at radius 1 is 0.440 bits per heavy atom. The van der Waals surface area contributed by atoms with Crippen molar-refractivity contribution in [2.75, 3.05) is 4.90 Å². The van der Waals surface area contributed by atoms with E-state index in [1.807, 2.05) is 121 Å². The second-order valence-electron chi connectivity index (χ2n) is 12.2. The predicted octanol–water partition coefficient (Wildman–Crippen LogP) is 13.8. The molecule has 0 unspecified atom stereocenters. The van der Waals surface area contributed by atoms with Crippen LogP contribution in [0.3, 0.4) is 0 Å². The Labute approximate surface area is 302 Å². The maximum absolute atomic E-state index is 9.68. The molecule has 0 aliphatic carbocycles. The van der Waals surface area contributed by atoms with Crippen LogP contribution in [0.25, 0.3) is 76.5 Å². The number of benzene rings is 9. The summed E-state index contributed by atoms with van der Waals surface area (Å²) in [6, 6.07) is 37.5. The zero-order valence-electron chi connectivity index (χ0n) is 35.6. The Balaban J connectivity index is 1.29. The van der Waals surface area contributed by atoms with Gasteiger partial charge in [-0.15, -0.1) is 0 Å². The van der Waals surface area contributed by atoms with E-state index >= 15 is 0 Å². The summed E-state index contributed by atoms with van der Waals surface area (Å²) in [4.78, 5) is 1.30. The molecule has 9 aromatic carbocycles. The molecule has 0 fully saturated rings. The largest absolute Gasteiger partial charge is 0.455 e. The molecule has 10 rings (SSSR count). The zero-order chi connectivity index (χ0) is 40.9. The van der Waals surface area contributed by atoms with E-state index in [9.17, 15) is 8.22 Å². The van der Waals surface area contributed by atoms with Crippen LogP contribution in [0.4, 0.5) is 17.1 Å². The van der Waals surface area contributed by atoms with E-state index in [1.165, 1.54) is 4.90 Å². The Hall–Kier alpha value is -6.64. The fourth-order valence-electron chi connectivity index (χ4n) is 7.20. The van der Waals surface area contributed by atoms with Crippen molar-refractivity contribution >= 4 is 71.3 Å². The number of fused-ring (bicyclic) bond motifs is 8. The van der Waals surface area contributed by atoms with Crippen molar-refractivity contribution in [3.05, 3.63) is 188 Å². The first-order valence-corrected chi connectivity index (χ1v) is 16.4. The molecule has 0 saturated carbocycles. The van der Waals surface area contributed by atoms with Gasteiger partial charge in [0.2, 0.25) is 0 Å². The fraction of sp³-hybridized carbons (Fsp3) is 0. The van der Waals surface area contributed by atoms with E-state index in [0.717, 1.165) is 43.1 Å². The van der Waals surface area contributed by atoms with Crippen molar-refractivity contribution in [1.29, 1.82) is 0 Å². The summed E-state index contributed by atoms with van der Waals surface area (Å²) in [5, 5.41) is 7.06. The number of rotatable bonds is 5. The van der Waals surface area contributed by atoms with Crippen LogP contribution in [0, 0.1) is 0 Å². The molecular weight excluding hydrogens is 607 g/mol. The van der Waals surface area contributed by atoms with E-state index in [2.05, 4.69) is 0 Å². The first kappa shape index (κ1) is 20.7. The van der Waals surface area contributed by atoms with Crippen molar-refractivity contribution < 1.29 is 16.8 Å². The third-order valence-corrected chi connectivity index (χ3v) is 9.41. The predicted molar refractivity (Wildman–Crippen MR) is 212 cm³/mol. The van der Waals surface area contributed by atoms with Gasteiger partial charge < -0.3 is 9.32 Å². The summed E-state index contributed by atoms with van der Waals surface area (Å²) < 4.78 is 89.1. The van der Waals surface area contributed by atoms with Crippen molar-refractivity contribution in [2.45, 2.75) is 0 Å². The monoisotopic (exact) mass is 646 g/mol. The Bertz CT molecular complexity index is 3350. The number of hydrogen-bond acceptors (Lipinski definition) is 2. The van der Waals surface area contributed by atoms with Gasteiger partial charge in [-0.05, 0) is 92.1 Å². The summed E-state index contributed by atoms with van der Waals surface area (Å²) in [6.07, 6.45) is 0. The van der Waals surface area contributed by atoms with Crippen molar-refractivity contribution in [3.63, 3.8) is 0 Å². The number of hydrogen-bond donors (Lipinski definition) is 0. The van der Waals surface area contributed by atoms with Gasteiger partial charge in [0.05, 0.1) is 18.0 Å². The van der Waals surface area contributed by atoms with Crippen LogP contribution in [0.5, 0.6) is 0 Å². The molecule has 0 aliphatic rings. The molecule has 0 bridgehead atoms. The summed E-state index contributed by atoms with van der Waals surface area (Å²) in [7, 11) is 0. The van der Waals surface area contributed by atoms with Crippen molar-refractivity contribution in [3.8, 4) is 22.3 Å². The third kappa shape index (κ3) is 4.50. The van der Waals surface area contributed by atoms with Gasteiger partial charge in [0.25, 0.3) is 0 Å². The van der Waals surface area contributed by atoms with E-state index in [4.69, 9.17) is 8.53 Å². The summed E-state index contributed by atoms with van der Waals surface area (Å²) in [5.74, 6) is 0. The Morgan fingerprint density at radius 3 is 1.94 bits per heavy atom. The molecule has 1 aromatic heterocycles. The lowest BCUT2D eigenvalue weighted by atomic mass is 9.93.